The molecule has 0 aliphatic heterocycles. The first-order chi connectivity index (χ1) is 6.43. The maximum absolute atomic E-state index is 9.96. The maximum Gasteiger partial charge on any atom is 2.00 e. The van der Waals surface area contributed by atoms with Gasteiger partial charge in [0.2, 0.25) is 0 Å². The Kier molecular flexibility index (Phi) is 10.6. The van der Waals surface area contributed by atoms with Crippen LogP contribution in [0.1, 0.15) is 32.6 Å². The van der Waals surface area contributed by atoms with Gasteiger partial charge in [0.05, 0.1) is 5.91 Å². The molecule has 1 amide bonds. The minimum absolute atomic E-state index is 0. The van der Waals surface area contributed by atoms with E-state index in [0.717, 1.165) is 11.8 Å². The molecule has 3 heteroatoms. The molecular weight excluding hydrogens is 225 g/mol. The summed E-state index contributed by atoms with van der Waals surface area (Å²) in [7, 11) is 3.32. The van der Waals surface area contributed by atoms with E-state index in [9.17, 15) is 4.79 Å². The van der Waals surface area contributed by atoms with Crippen molar-refractivity contribution in [1.82, 2.24) is 4.90 Å². The predicted octanol–water partition coefficient (Wildman–Crippen LogP) is 2.55. The molecule has 0 spiro atoms. The van der Waals surface area contributed by atoms with Crippen LogP contribution in [-0.2, 0) is 23.4 Å². The van der Waals surface area contributed by atoms with Crippen LogP contribution in [0.15, 0.2) is 0 Å². The summed E-state index contributed by atoms with van der Waals surface area (Å²) in [5.41, 5.74) is 0. The summed E-state index contributed by atoms with van der Waals surface area (Å²) in [6.07, 6.45) is 5.55. The zero-order valence-electron chi connectivity index (χ0n) is 10.2. The molecule has 0 heterocycles. The quantitative estimate of drug-likeness (QED) is 0.603. The number of carbonyl (C=O) groups is 1. The Labute approximate surface area is 107 Å². The van der Waals surface area contributed by atoms with E-state index in [4.69, 9.17) is 0 Å². The smallest absolute Gasteiger partial charge is 0.374 e. The molecule has 0 atom stereocenters. The molecule has 0 N–H and O–H groups in total. The van der Waals surface area contributed by atoms with Gasteiger partial charge in [-0.05, 0) is 5.92 Å². The molecule has 1 aliphatic rings. The fraction of sp³-hybridized carbons (Fsp3) is 0.750. The largest absolute Gasteiger partial charge is 2.00 e. The first kappa shape index (κ1) is 17.3. The minimum atomic E-state index is -0.157. The summed E-state index contributed by atoms with van der Waals surface area (Å²) in [4.78, 5) is 11.4. The number of nitrogens with zero attached hydrogens (tertiary/aromatic N) is 1. The van der Waals surface area contributed by atoms with Crippen molar-refractivity contribution in [2.45, 2.75) is 32.6 Å². The molecule has 0 saturated heterocycles. The maximum atomic E-state index is 9.96. The fourth-order valence-corrected chi connectivity index (χ4v) is 1.33. The van der Waals surface area contributed by atoms with E-state index in [0.29, 0.717) is 0 Å². The molecule has 2 nitrogen and oxygen atoms in total. The number of hydrogen-bond acceptors (Lipinski definition) is 1. The normalized spacial score (nSPS) is 24.3. The second-order valence-electron chi connectivity index (χ2n) is 4.41. The van der Waals surface area contributed by atoms with Crippen molar-refractivity contribution in [3.63, 3.8) is 0 Å². The molecule has 0 aromatic heterocycles. The van der Waals surface area contributed by atoms with Crippen molar-refractivity contribution in [3.8, 4) is 0 Å². The average molecular weight is 248 g/mol. The fourth-order valence-electron chi connectivity index (χ4n) is 1.33. The van der Waals surface area contributed by atoms with E-state index < -0.39 is 0 Å². The molecule has 1 aliphatic carbocycles. The van der Waals surface area contributed by atoms with Crippen LogP contribution in [0, 0.1) is 25.7 Å². The van der Waals surface area contributed by atoms with Gasteiger partial charge in [-0.1, -0.05) is 32.6 Å². The number of carbonyl (C=O) groups excluding carboxylic acids is 1. The van der Waals surface area contributed by atoms with Crippen molar-refractivity contribution in [2.24, 2.45) is 11.8 Å². The third kappa shape index (κ3) is 10.2. The van der Waals surface area contributed by atoms with Gasteiger partial charge in [-0.15, -0.1) is 0 Å². The Morgan fingerprint density at radius 1 is 1.20 bits per heavy atom. The topological polar surface area (TPSA) is 20.3 Å². The van der Waals surface area contributed by atoms with Gasteiger partial charge in [-0.2, -0.15) is 5.92 Å². The van der Waals surface area contributed by atoms with Gasteiger partial charge in [0.1, 0.15) is 0 Å². The molecule has 1 saturated carbocycles. The Morgan fingerprint density at radius 2 is 1.53 bits per heavy atom. The SMILES string of the molecule is [CH2-]C(=O)N(C)C.[CH2-]C1CCC(C)CC1.[V+2]. The molecule has 0 unspecified atom stereocenters. The first-order valence-corrected chi connectivity index (χ1v) is 5.29. The zero-order valence-corrected chi connectivity index (χ0v) is 11.6. The Bertz CT molecular complexity index is 153. The molecular formula is C12H23NOV. The minimum Gasteiger partial charge on any atom is -0.374 e. The van der Waals surface area contributed by atoms with Crippen LogP contribution in [-0.4, -0.2) is 24.9 Å². The molecule has 0 aromatic carbocycles. The molecule has 1 fully saturated rings. The van der Waals surface area contributed by atoms with Crippen LogP contribution in [0.3, 0.4) is 0 Å². The van der Waals surface area contributed by atoms with Crippen molar-refractivity contribution < 1.29 is 23.4 Å². The summed E-state index contributed by atoms with van der Waals surface area (Å²) >= 11 is 0. The van der Waals surface area contributed by atoms with Crippen LogP contribution >= 0.6 is 0 Å². The third-order valence-electron chi connectivity index (χ3n) is 2.63. The van der Waals surface area contributed by atoms with Gasteiger partial charge in [-0.25, -0.2) is 0 Å². The van der Waals surface area contributed by atoms with Gasteiger partial charge in [0.15, 0.2) is 0 Å². The average Bonchev–Trinajstić information content (AvgIpc) is 2.11. The Hall–Kier alpha value is -0.0756. The Morgan fingerprint density at radius 3 is 1.73 bits per heavy atom. The van der Waals surface area contributed by atoms with Crippen LogP contribution in [0.25, 0.3) is 0 Å². The summed E-state index contributed by atoms with van der Waals surface area (Å²) in [5.74, 6) is 1.59. The number of rotatable bonds is 0. The molecule has 0 bridgehead atoms. The van der Waals surface area contributed by atoms with Gasteiger partial charge in [0, 0.05) is 14.1 Å². The summed E-state index contributed by atoms with van der Waals surface area (Å²) in [5, 5.41) is 0. The Balaban J connectivity index is 0. The second kappa shape index (κ2) is 9.17. The van der Waals surface area contributed by atoms with Crippen LogP contribution < -0.4 is 0 Å². The van der Waals surface area contributed by atoms with E-state index in [1.807, 2.05) is 0 Å². The number of hydrogen-bond donors (Lipinski definition) is 0. The predicted molar refractivity (Wildman–Crippen MR) is 60.5 cm³/mol. The molecule has 0 aromatic rings. The van der Waals surface area contributed by atoms with Crippen LogP contribution in [0.5, 0.6) is 0 Å². The van der Waals surface area contributed by atoms with Gasteiger partial charge in [0.25, 0.3) is 0 Å². The van der Waals surface area contributed by atoms with Crippen molar-refractivity contribution in [3.05, 3.63) is 13.8 Å². The summed E-state index contributed by atoms with van der Waals surface area (Å²) < 4.78 is 0. The third-order valence-corrected chi connectivity index (χ3v) is 2.63. The van der Waals surface area contributed by atoms with Crippen molar-refractivity contribution in [1.29, 1.82) is 0 Å². The molecule has 1 rings (SSSR count). The van der Waals surface area contributed by atoms with Crippen molar-refractivity contribution >= 4 is 5.91 Å². The van der Waals surface area contributed by atoms with Crippen LogP contribution in [0.4, 0.5) is 0 Å². The summed E-state index contributed by atoms with van der Waals surface area (Å²) in [6, 6.07) is 0. The van der Waals surface area contributed by atoms with E-state index in [2.05, 4.69) is 20.8 Å². The molecule has 1 radical (unpaired) electrons. The van der Waals surface area contributed by atoms with E-state index in [1.165, 1.54) is 30.6 Å². The van der Waals surface area contributed by atoms with Gasteiger partial charge in [-0.3, -0.25) is 0 Å². The van der Waals surface area contributed by atoms with Crippen molar-refractivity contribution in [2.75, 3.05) is 14.1 Å². The standard InChI is InChI=1S/C8H15.C4H8NO.V/c1-7-3-5-8(2)6-4-7;1-4(6)5(2)3;/h7-8H,1,3-6H2,2H3;1H2,2-3H3;/q2*-1;+2. The first-order valence-electron chi connectivity index (χ1n) is 5.29. The van der Waals surface area contributed by atoms with E-state index in [-0.39, 0.29) is 24.5 Å². The zero-order chi connectivity index (χ0) is 11.1. The van der Waals surface area contributed by atoms with Crippen LogP contribution in [0.2, 0.25) is 0 Å². The van der Waals surface area contributed by atoms with E-state index in [1.54, 1.807) is 14.1 Å². The monoisotopic (exact) mass is 248 g/mol. The van der Waals surface area contributed by atoms with Gasteiger partial charge < -0.3 is 23.5 Å². The van der Waals surface area contributed by atoms with E-state index >= 15 is 0 Å². The molecule has 87 valence electrons. The van der Waals surface area contributed by atoms with Gasteiger partial charge >= 0.3 is 18.6 Å². The number of amides is 1. The molecule has 15 heavy (non-hydrogen) atoms. The second-order valence-corrected chi connectivity index (χ2v) is 4.41. The summed E-state index contributed by atoms with van der Waals surface area (Å²) in [6.45, 7) is 9.50.